The predicted molar refractivity (Wildman–Crippen MR) is 45.3 cm³/mol. The third-order valence-electron chi connectivity index (χ3n) is 2.55. The summed E-state index contributed by atoms with van der Waals surface area (Å²) in [5.41, 5.74) is 5.89. The highest BCUT2D eigenvalue weighted by Crippen LogP contribution is 2.21. The van der Waals surface area contributed by atoms with E-state index in [0.29, 0.717) is 12.1 Å². The van der Waals surface area contributed by atoms with Crippen LogP contribution in [0.4, 0.5) is 0 Å². The number of hydrogen-bond donors (Lipinski definition) is 2. The zero-order valence-corrected chi connectivity index (χ0v) is 7.16. The van der Waals surface area contributed by atoms with Crippen molar-refractivity contribution in [1.82, 2.24) is 4.90 Å². The summed E-state index contributed by atoms with van der Waals surface area (Å²) in [6.45, 7) is 0.984. The second-order valence-electron chi connectivity index (χ2n) is 3.37. The molecule has 0 bridgehead atoms. The minimum atomic E-state index is 0.236. The summed E-state index contributed by atoms with van der Waals surface area (Å²) in [5.74, 6) is 0. The Balaban J connectivity index is 2.33. The molecule has 3 heteroatoms. The third kappa shape index (κ3) is 2.15. The van der Waals surface area contributed by atoms with Gasteiger partial charge < -0.3 is 10.8 Å². The number of hydrogen-bond acceptors (Lipinski definition) is 3. The minimum Gasteiger partial charge on any atom is -0.395 e. The lowest BCUT2D eigenvalue weighted by atomic mass is 10.1. The minimum absolute atomic E-state index is 0.236. The molecule has 0 radical (unpaired) electrons. The van der Waals surface area contributed by atoms with E-state index >= 15 is 0 Å². The van der Waals surface area contributed by atoms with Gasteiger partial charge in [-0.3, -0.25) is 4.90 Å². The smallest absolute Gasteiger partial charge is 0.0558 e. The Bertz CT molecular complexity index is 119. The summed E-state index contributed by atoms with van der Waals surface area (Å²) in [5, 5.41) is 8.70. The quantitative estimate of drug-likeness (QED) is 0.597. The van der Waals surface area contributed by atoms with Crippen molar-refractivity contribution in [3.8, 4) is 0 Å². The van der Waals surface area contributed by atoms with Crippen LogP contribution in [0.25, 0.3) is 0 Å². The van der Waals surface area contributed by atoms with Crippen LogP contribution in [0.15, 0.2) is 0 Å². The van der Waals surface area contributed by atoms with E-state index in [1.807, 2.05) is 7.05 Å². The van der Waals surface area contributed by atoms with Crippen molar-refractivity contribution in [3.63, 3.8) is 0 Å². The van der Waals surface area contributed by atoms with Crippen LogP contribution in [0, 0.1) is 0 Å². The average molecular weight is 158 g/mol. The van der Waals surface area contributed by atoms with Crippen molar-refractivity contribution < 1.29 is 5.11 Å². The summed E-state index contributed by atoms with van der Waals surface area (Å²) >= 11 is 0. The van der Waals surface area contributed by atoms with Gasteiger partial charge in [-0.25, -0.2) is 0 Å². The molecule has 1 aliphatic carbocycles. The molecule has 3 N–H and O–H groups in total. The maximum atomic E-state index is 8.70. The van der Waals surface area contributed by atoms with Crippen LogP contribution < -0.4 is 5.73 Å². The fourth-order valence-corrected chi connectivity index (χ4v) is 1.84. The van der Waals surface area contributed by atoms with Crippen LogP contribution in [-0.4, -0.2) is 42.3 Å². The molecule has 11 heavy (non-hydrogen) atoms. The molecule has 2 atom stereocenters. The van der Waals surface area contributed by atoms with Gasteiger partial charge in [0.15, 0.2) is 0 Å². The van der Waals surface area contributed by atoms with E-state index in [9.17, 15) is 0 Å². The molecule has 1 fully saturated rings. The van der Waals surface area contributed by atoms with Gasteiger partial charge in [-0.05, 0) is 19.9 Å². The van der Waals surface area contributed by atoms with Crippen LogP contribution >= 0.6 is 0 Å². The molecule has 0 aromatic heterocycles. The fraction of sp³-hybridized carbons (Fsp3) is 1.00. The molecule has 0 aliphatic heterocycles. The Morgan fingerprint density at radius 3 is 2.73 bits per heavy atom. The third-order valence-corrected chi connectivity index (χ3v) is 2.55. The first-order valence-corrected chi connectivity index (χ1v) is 4.32. The Hall–Kier alpha value is -0.120. The van der Waals surface area contributed by atoms with Crippen molar-refractivity contribution in [3.05, 3.63) is 0 Å². The van der Waals surface area contributed by atoms with E-state index in [1.165, 1.54) is 12.8 Å². The Morgan fingerprint density at radius 1 is 1.55 bits per heavy atom. The van der Waals surface area contributed by atoms with Crippen LogP contribution in [0.3, 0.4) is 0 Å². The number of nitrogens with two attached hydrogens (primary N) is 1. The number of nitrogens with zero attached hydrogens (tertiary/aromatic N) is 1. The van der Waals surface area contributed by atoms with Crippen molar-refractivity contribution >= 4 is 0 Å². The van der Waals surface area contributed by atoms with Gasteiger partial charge in [0.05, 0.1) is 6.61 Å². The first-order valence-electron chi connectivity index (χ1n) is 4.32. The largest absolute Gasteiger partial charge is 0.395 e. The summed E-state index contributed by atoms with van der Waals surface area (Å²) in [7, 11) is 2.03. The maximum Gasteiger partial charge on any atom is 0.0558 e. The predicted octanol–water partition coefficient (Wildman–Crippen LogP) is -0.210. The summed E-state index contributed by atoms with van der Waals surface area (Å²) < 4.78 is 0. The second-order valence-corrected chi connectivity index (χ2v) is 3.37. The molecule has 0 aromatic carbocycles. The Labute approximate surface area is 68.2 Å². The van der Waals surface area contributed by atoms with Gasteiger partial charge in [-0.15, -0.1) is 0 Å². The maximum absolute atomic E-state index is 8.70. The van der Waals surface area contributed by atoms with Crippen molar-refractivity contribution in [2.24, 2.45) is 5.73 Å². The molecule has 0 heterocycles. The van der Waals surface area contributed by atoms with Gasteiger partial charge in [0.1, 0.15) is 0 Å². The number of aliphatic hydroxyl groups excluding tert-OH is 1. The molecule has 0 spiro atoms. The van der Waals surface area contributed by atoms with Crippen molar-refractivity contribution in [1.29, 1.82) is 0 Å². The van der Waals surface area contributed by atoms with E-state index < -0.39 is 0 Å². The summed E-state index contributed by atoms with van der Waals surface area (Å²) in [6.07, 6.45) is 3.57. The van der Waals surface area contributed by atoms with Gasteiger partial charge in [-0.2, -0.15) is 0 Å². The molecule has 66 valence electrons. The molecule has 3 nitrogen and oxygen atoms in total. The van der Waals surface area contributed by atoms with Crippen molar-refractivity contribution in [2.75, 3.05) is 20.2 Å². The standard InChI is InChI=1S/C8H18N2O/c1-10(5-6-11)8-4-2-3-7(8)9/h7-8,11H,2-6,9H2,1H3. The van der Waals surface area contributed by atoms with Gasteiger partial charge >= 0.3 is 0 Å². The van der Waals surface area contributed by atoms with E-state index in [0.717, 1.165) is 13.0 Å². The van der Waals surface area contributed by atoms with E-state index in [1.54, 1.807) is 0 Å². The van der Waals surface area contributed by atoms with Gasteiger partial charge in [-0.1, -0.05) is 6.42 Å². The molecule has 0 saturated heterocycles. The fourth-order valence-electron chi connectivity index (χ4n) is 1.84. The number of aliphatic hydroxyl groups is 1. The molecule has 1 aliphatic rings. The lowest BCUT2D eigenvalue weighted by Crippen LogP contribution is -2.43. The molecule has 0 amide bonds. The first kappa shape index (κ1) is 8.97. The van der Waals surface area contributed by atoms with Crippen LogP contribution in [0.5, 0.6) is 0 Å². The highest BCUT2D eigenvalue weighted by atomic mass is 16.3. The van der Waals surface area contributed by atoms with Crippen LogP contribution in [-0.2, 0) is 0 Å². The monoisotopic (exact) mass is 158 g/mol. The van der Waals surface area contributed by atoms with Gasteiger partial charge in [0, 0.05) is 18.6 Å². The van der Waals surface area contributed by atoms with Crippen LogP contribution in [0.1, 0.15) is 19.3 Å². The molecule has 2 unspecified atom stereocenters. The molecule has 0 aromatic rings. The lowest BCUT2D eigenvalue weighted by molar-refractivity contribution is 0.173. The zero-order valence-electron chi connectivity index (χ0n) is 7.16. The first-order chi connectivity index (χ1) is 5.25. The van der Waals surface area contributed by atoms with Crippen molar-refractivity contribution in [2.45, 2.75) is 31.3 Å². The molecular formula is C8H18N2O. The molecule has 1 saturated carbocycles. The normalized spacial score (nSPS) is 31.6. The SMILES string of the molecule is CN(CCO)C1CCCC1N. The summed E-state index contributed by atoms with van der Waals surface area (Å²) in [4.78, 5) is 2.16. The Morgan fingerprint density at radius 2 is 2.27 bits per heavy atom. The molecular weight excluding hydrogens is 140 g/mol. The van der Waals surface area contributed by atoms with E-state index in [-0.39, 0.29) is 6.61 Å². The highest BCUT2D eigenvalue weighted by Gasteiger charge is 2.26. The van der Waals surface area contributed by atoms with Gasteiger partial charge in [0.2, 0.25) is 0 Å². The number of likely N-dealkylation sites (N-methyl/N-ethyl adjacent to an activating group) is 1. The number of rotatable bonds is 3. The van der Waals surface area contributed by atoms with Gasteiger partial charge in [0.25, 0.3) is 0 Å². The second kappa shape index (κ2) is 4.04. The van der Waals surface area contributed by atoms with E-state index in [2.05, 4.69) is 4.90 Å². The topological polar surface area (TPSA) is 49.5 Å². The lowest BCUT2D eigenvalue weighted by Gasteiger charge is -2.26. The molecule has 1 rings (SSSR count). The van der Waals surface area contributed by atoms with Crippen LogP contribution in [0.2, 0.25) is 0 Å². The highest BCUT2D eigenvalue weighted by molar-refractivity contribution is 4.86. The van der Waals surface area contributed by atoms with E-state index in [4.69, 9.17) is 10.8 Å². The zero-order chi connectivity index (χ0) is 8.27. The Kier molecular flexibility index (Phi) is 3.30. The summed E-state index contributed by atoms with van der Waals surface area (Å²) in [6, 6.07) is 0.827. The average Bonchev–Trinajstić information content (AvgIpc) is 2.36.